The Morgan fingerprint density at radius 1 is 1.19 bits per heavy atom. The molecule has 0 bridgehead atoms. The molecule has 3 heterocycles. The second-order valence-corrected chi connectivity index (χ2v) is 11.8. The second kappa shape index (κ2) is 12.4. The van der Waals surface area contributed by atoms with Crippen LogP contribution in [0.15, 0.2) is 18.2 Å². The summed E-state index contributed by atoms with van der Waals surface area (Å²) >= 11 is 0. The van der Waals surface area contributed by atoms with E-state index in [0.29, 0.717) is 36.4 Å². The van der Waals surface area contributed by atoms with Gasteiger partial charge in [0.25, 0.3) is 5.91 Å². The number of ether oxygens (including phenoxy) is 3. The van der Waals surface area contributed by atoms with E-state index in [1.165, 1.54) is 6.07 Å². The first-order valence-electron chi connectivity index (χ1n) is 13.0. The molecule has 4 rings (SSSR count). The van der Waals surface area contributed by atoms with Crippen molar-refractivity contribution in [2.75, 3.05) is 63.5 Å². The molecule has 2 N–H and O–H groups in total. The number of carbonyl (C=O) groups is 2. The number of hydrogen-bond donors (Lipinski definition) is 2. The molecule has 11 nitrogen and oxygen atoms in total. The van der Waals surface area contributed by atoms with Crippen molar-refractivity contribution >= 4 is 27.5 Å². The average molecular weight is 539 g/mol. The molecule has 2 saturated heterocycles. The topological polar surface area (TPSA) is 127 Å². The Labute approximate surface area is 218 Å². The summed E-state index contributed by atoms with van der Waals surface area (Å²) < 4.78 is 43.9. The minimum atomic E-state index is -3.47. The lowest BCUT2D eigenvalue weighted by molar-refractivity contribution is -0.134. The van der Waals surface area contributed by atoms with Gasteiger partial charge in [-0.25, -0.2) is 8.42 Å². The van der Waals surface area contributed by atoms with E-state index < -0.39 is 10.0 Å². The highest BCUT2D eigenvalue weighted by atomic mass is 32.2. The summed E-state index contributed by atoms with van der Waals surface area (Å²) in [5, 5.41) is 3.00. The van der Waals surface area contributed by atoms with Gasteiger partial charge in [-0.15, -0.1) is 0 Å². The van der Waals surface area contributed by atoms with Crippen LogP contribution in [-0.2, 0) is 24.3 Å². The van der Waals surface area contributed by atoms with Gasteiger partial charge in [0.1, 0.15) is 18.5 Å². The van der Waals surface area contributed by atoms with Gasteiger partial charge in [0.05, 0.1) is 43.1 Å². The van der Waals surface area contributed by atoms with Gasteiger partial charge in [0, 0.05) is 32.4 Å². The number of likely N-dealkylation sites (N-methyl/N-ethyl adjacent to an activating group) is 1. The van der Waals surface area contributed by atoms with Crippen LogP contribution in [0.4, 0.5) is 5.69 Å². The van der Waals surface area contributed by atoms with Gasteiger partial charge in [0.2, 0.25) is 15.9 Å². The predicted molar refractivity (Wildman–Crippen MR) is 138 cm³/mol. The van der Waals surface area contributed by atoms with Gasteiger partial charge in [-0.05, 0) is 50.9 Å². The maximum Gasteiger partial charge on any atom is 0.257 e. The summed E-state index contributed by atoms with van der Waals surface area (Å²) in [5.74, 6) is 0.0122. The van der Waals surface area contributed by atoms with Gasteiger partial charge in [0.15, 0.2) is 0 Å². The van der Waals surface area contributed by atoms with E-state index in [1.54, 1.807) is 31.0 Å². The summed E-state index contributed by atoms with van der Waals surface area (Å²) in [6.07, 6.45) is 1.90. The van der Waals surface area contributed by atoms with E-state index in [0.717, 1.165) is 39.3 Å². The van der Waals surface area contributed by atoms with Crippen molar-refractivity contribution in [1.29, 1.82) is 0 Å². The van der Waals surface area contributed by atoms with Crippen LogP contribution in [-0.4, -0.2) is 107 Å². The molecule has 3 aliphatic rings. The van der Waals surface area contributed by atoms with Gasteiger partial charge in [-0.2, -0.15) is 0 Å². The van der Waals surface area contributed by atoms with Crippen LogP contribution in [0.25, 0.3) is 0 Å². The molecule has 37 heavy (non-hydrogen) atoms. The third-order valence-electron chi connectivity index (χ3n) is 7.16. The van der Waals surface area contributed by atoms with Gasteiger partial charge in [-0.3, -0.25) is 19.2 Å². The van der Waals surface area contributed by atoms with Crippen LogP contribution in [0.2, 0.25) is 0 Å². The number of morpholine rings is 1. The highest BCUT2D eigenvalue weighted by Crippen LogP contribution is 2.32. The van der Waals surface area contributed by atoms with Crippen LogP contribution in [0.3, 0.4) is 0 Å². The Balaban J connectivity index is 1.30. The molecule has 1 aromatic rings. The largest absolute Gasteiger partial charge is 0.490 e. The highest BCUT2D eigenvalue weighted by molar-refractivity contribution is 7.92. The lowest BCUT2D eigenvalue weighted by atomic mass is 9.94. The van der Waals surface area contributed by atoms with E-state index in [4.69, 9.17) is 14.2 Å². The Kier molecular flexibility index (Phi) is 9.27. The number of benzene rings is 1. The Morgan fingerprint density at radius 2 is 1.97 bits per heavy atom. The first kappa shape index (κ1) is 27.6. The number of nitrogens with one attached hydrogen (secondary N) is 2. The zero-order valence-corrected chi connectivity index (χ0v) is 22.4. The first-order chi connectivity index (χ1) is 17.8. The number of fused-ring (bicyclic) bond motifs is 2. The van der Waals surface area contributed by atoms with Crippen molar-refractivity contribution in [2.45, 2.75) is 50.9 Å². The molecule has 1 aromatic carbocycles. The maximum absolute atomic E-state index is 13.3. The van der Waals surface area contributed by atoms with E-state index in [2.05, 4.69) is 14.9 Å². The van der Waals surface area contributed by atoms with Crippen molar-refractivity contribution in [3.05, 3.63) is 23.8 Å². The summed E-state index contributed by atoms with van der Waals surface area (Å²) in [4.78, 5) is 29.8. The molecule has 0 saturated carbocycles. The zero-order valence-electron chi connectivity index (χ0n) is 21.6. The SMILES string of the molecule is CCS(=O)(=O)Nc1ccc2c(c1)C(=O)N(C)[C@@H]1CC[C@@H](CC(=O)NCCCN3CCOCC3)O[C@H]1CO2. The molecule has 0 spiro atoms. The third kappa shape index (κ3) is 7.34. The number of anilines is 1. The number of hydrogen-bond acceptors (Lipinski definition) is 8. The van der Waals surface area contributed by atoms with E-state index in [-0.39, 0.29) is 48.8 Å². The minimum Gasteiger partial charge on any atom is -0.490 e. The molecule has 2 fully saturated rings. The molecule has 3 aliphatic heterocycles. The lowest BCUT2D eigenvalue weighted by Crippen LogP contribution is -2.54. The van der Waals surface area contributed by atoms with E-state index >= 15 is 0 Å². The van der Waals surface area contributed by atoms with Crippen LogP contribution in [0, 0.1) is 0 Å². The molecular formula is C25H38N4O7S. The molecule has 0 aromatic heterocycles. The standard InChI is InChI=1S/C25H38N4O7S/c1-3-37(32,33)27-18-5-8-22-20(15-18)25(31)28(2)21-7-6-19(36-23(21)17-35-22)16-24(30)26-9-4-10-29-11-13-34-14-12-29/h5,8,15,19,21,23,27H,3-4,6-7,9-14,16-17H2,1-2H3,(H,26,30)/t19-,21+,23-/m0/s1. The minimum absolute atomic E-state index is 0.0333. The number of carbonyl (C=O) groups excluding carboxylic acids is 2. The Morgan fingerprint density at radius 3 is 2.73 bits per heavy atom. The molecule has 0 unspecified atom stereocenters. The molecule has 206 valence electrons. The molecule has 0 aliphatic carbocycles. The van der Waals surface area contributed by atoms with Crippen molar-refractivity contribution in [1.82, 2.24) is 15.1 Å². The van der Waals surface area contributed by atoms with Crippen LogP contribution >= 0.6 is 0 Å². The monoisotopic (exact) mass is 538 g/mol. The normalized spacial score (nSPS) is 24.8. The average Bonchev–Trinajstić information content (AvgIpc) is 2.89. The predicted octanol–water partition coefficient (Wildman–Crippen LogP) is 1.06. The summed E-state index contributed by atoms with van der Waals surface area (Å²) in [7, 11) is -1.74. The molecule has 3 atom stereocenters. The fourth-order valence-corrected chi connectivity index (χ4v) is 5.61. The fraction of sp³-hybridized carbons (Fsp3) is 0.680. The molecule has 0 radical (unpaired) electrons. The van der Waals surface area contributed by atoms with Gasteiger partial charge in [-0.1, -0.05) is 0 Å². The van der Waals surface area contributed by atoms with Crippen molar-refractivity contribution in [2.24, 2.45) is 0 Å². The van der Waals surface area contributed by atoms with Crippen LogP contribution < -0.4 is 14.8 Å². The lowest BCUT2D eigenvalue weighted by Gasteiger charge is -2.42. The second-order valence-electron chi connectivity index (χ2n) is 9.75. The smallest absolute Gasteiger partial charge is 0.257 e. The number of nitrogens with zero attached hydrogens (tertiary/aromatic N) is 2. The van der Waals surface area contributed by atoms with E-state index in [9.17, 15) is 18.0 Å². The number of sulfonamides is 1. The quantitative estimate of drug-likeness (QED) is 0.447. The first-order valence-corrected chi connectivity index (χ1v) is 14.7. The van der Waals surface area contributed by atoms with Crippen molar-refractivity contribution in [3.8, 4) is 5.75 Å². The number of rotatable bonds is 9. The van der Waals surface area contributed by atoms with Crippen molar-refractivity contribution < 1.29 is 32.2 Å². The summed E-state index contributed by atoms with van der Waals surface area (Å²) in [6, 6.07) is 4.48. The van der Waals surface area contributed by atoms with Crippen molar-refractivity contribution in [3.63, 3.8) is 0 Å². The molecular weight excluding hydrogens is 500 g/mol. The van der Waals surface area contributed by atoms with Gasteiger partial charge < -0.3 is 24.4 Å². The maximum atomic E-state index is 13.3. The third-order valence-corrected chi connectivity index (χ3v) is 8.46. The Bertz CT molecular complexity index is 1060. The summed E-state index contributed by atoms with van der Waals surface area (Å²) in [5.41, 5.74) is 0.620. The van der Waals surface area contributed by atoms with Gasteiger partial charge >= 0.3 is 0 Å². The number of amides is 2. The zero-order chi connectivity index (χ0) is 26.4. The highest BCUT2D eigenvalue weighted by Gasteiger charge is 2.39. The molecule has 2 amide bonds. The Hall–Kier alpha value is -2.41. The fourth-order valence-electron chi connectivity index (χ4n) is 4.98. The van der Waals surface area contributed by atoms with Crippen LogP contribution in [0.1, 0.15) is 43.0 Å². The van der Waals surface area contributed by atoms with Crippen LogP contribution in [0.5, 0.6) is 5.75 Å². The molecule has 12 heteroatoms. The van der Waals surface area contributed by atoms with E-state index in [1.807, 2.05) is 0 Å². The summed E-state index contributed by atoms with van der Waals surface area (Å²) in [6.45, 7) is 6.76.